The number of nitrogens with one attached hydrogen (secondary N) is 1. The number of halogens is 3. The summed E-state index contributed by atoms with van der Waals surface area (Å²) in [5, 5.41) is 2.32. The number of carbonyl (C=O) groups is 2. The molecule has 1 N–H and O–H groups in total. The molecule has 0 aliphatic carbocycles. The number of hydrogen-bond acceptors (Lipinski definition) is 4. The van der Waals surface area contributed by atoms with Crippen LogP contribution in [0.5, 0.6) is 0 Å². The lowest BCUT2D eigenvalue weighted by molar-refractivity contribution is -0.160. The summed E-state index contributed by atoms with van der Waals surface area (Å²) in [7, 11) is 0. The average Bonchev–Trinajstić information content (AvgIpc) is 2.32. The largest absolute Gasteiger partial charge is 0.440 e. The van der Waals surface area contributed by atoms with Gasteiger partial charge >= 0.3 is 12.3 Å². The molecule has 0 aromatic rings. The van der Waals surface area contributed by atoms with Crippen molar-refractivity contribution in [1.82, 2.24) is 10.2 Å². The molecule has 1 aliphatic heterocycles. The summed E-state index contributed by atoms with van der Waals surface area (Å²) in [5.41, 5.74) is 0. The Morgan fingerprint density at radius 3 is 2.74 bits per heavy atom. The molecule has 1 saturated heterocycles. The van der Waals surface area contributed by atoms with Gasteiger partial charge < -0.3 is 15.0 Å². The van der Waals surface area contributed by atoms with Gasteiger partial charge in [0.1, 0.15) is 6.54 Å². The Labute approximate surface area is 112 Å². The van der Waals surface area contributed by atoms with E-state index in [1.165, 1.54) is 0 Å². The standard InChI is InChI=1S/C10H15F3N2O3S/c1-7-5-15(2-3-19-7)8(16)4-14-9(17)18-6-10(11,12)13/h7H,2-6H2,1H3,(H,14,17). The Morgan fingerprint density at radius 1 is 1.47 bits per heavy atom. The number of amides is 2. The zero-order valence-corrected chi connectivity index (χ0v) is 11.1. The fourth-order valence-corrected chi connectivity index (χ4v) is 2.52. The van der Waals surface area contributed by atoms with Crippen LogP contribution < -0.4 is 5.32 Å². The molecule has 1 fully saturated rings. The Bertz CT molecular complexity index is 338. The maximum absolute atomic E-state index is 11.8. The van der Waals surface area contributed by atoms with Crippen LogP contribution in [0.25, 0.3) is 0 Å². The van der Waals surface area contributed by atoms with Gasteiger partial charge in [-0.3, -0.25) is 4.79 Å². The van der Waals surface area contributed by atoms with E-state index in [2.05, 4.69) is 4.74 Å². The van der Waals surface area contributed by atoms with Crippen molar-refractivity contribution in [2.75, 3.05) is 32.0 Å². The van der Waals surface area contributed by atoms with E-state index in [0.29, 0.717) is 18.3 Å². The fraction of sp³-hybridized carbons (Fsp3) is 0.800. The average molecular weight is 300 g/mol. The van der Waals surface area contributed by atoms with Crippen LogP contribution in [0, 0.1) is 0 Å². The highest BCUT2D eigenvalue weighted by molar-refractivity contribution is 7.99. The van der Waals surface area contributed by atoms with Gasteiger partial charge in [0.15, 0.2) is 6.61 Å². The van der Waals surface area contributed by atoms with Crippen molar-refractivity contribution >= 4 is 23.8 Å². The van der Waals surface area contributed by atoms with Crippen LogP contribution in [0.2, 0.25) is 0 Å². The minimum atomic E-state index is -4.57. The number of carbonyl (C=O) groups excluding carboxylic acids is 2. The van der Waals surface area contributed by atoms with Gasteiger partial charge in [0.2, 0.25) is 5.91 Å². The van der Waals surface area contributed by atoms with Gasteiger partial charge in [0, 0.05) is 24.1 Å². The molecular formula is C10H15F3N2O3S. The molecule has 0 aromatic heterocycles. The second-order valence-corrected chi connectivity index (χ2v) is 5.61. The van der Waals surface area contributed by atoms with Crippen LogP contribution in [-0.2, 0) is 9.53 Å². The van der Waals surface area contributed by atoms with Crippen LogP contribution in [0.15, 0.2) is 0 Å². The van der Waals surface area contributed by atoms with Crippen molar-refractivity contribution in [2.45, 2.75) is 18.3 Å². The van der Waals surface area contributed by atoms with Gasteiger partial charge in [-0.1, -0.05) is 6.92 Å². The third kappa shape index (κ3) is 6.55. The highest BCUT2D eigenvalue weighted by Crippen LogP contribution is 2.17. The van der Waals surface area contributed by atoms with Crippen molar-refractivity contribution in [1.29, 1.82) is 0 Å². The van der Waals surface area contributed by atoms with Crippen LogP contribution in [0.3, 0.4) is 0 Å². The highest BCUT2D eigenvalue weighted by Gasteiger charge is 2.29. The molecule has 0 bridgehead atoms. The van der Waals surface area contributed by atoms with Crippen molar-refractivity contribution in [3.8, 4) is 0 Å². The number of ether oxygens (including phenoxy) is 1. The molecule has 0 spiro atoms. The van der Waals surface area contributed by atoms with E-state index in [4.69, 9.17) is 0 Å². The number of alkyl carbamates (subject to hydrolysis) is 1. The summed E-state index contributed by atoms with van der Waals surface area (Å²) in [4.78, 5) is 24.2. The first-order chi connectivity index (χ1) is 8.78. The molecule has 9 heteroatoms. The van der Waals surface area contributed by atoms with E-state index in [1.54, 1.807) is 16.7 Å². The van der Waals surface area contributed by atoms with Gasteiger partial charge in [-0.05, 0) is 0 Å². The predicted octanol–water partition coefficient (Wildman–Crippen LogP) is 1.24. The zero-order valence-electron chi connectivity index (χ0n) is 10.3. The normalized spacial score (nSPS) is 20.0. The van der Waals surface area contributed by atoms with Crippen molar-refractivity contribution in [3.05, 3.63) is 0 Å². The third-order valence-corrected chi connectivity index (χ3v) is 3.48. The minimum Gasteiger partial charge on any atom is -0.440 e. The summed E-state index contributed by atoms with van der Waals surface area (Å²) >= 11 is 1.74. The summed E-state index contributed by atoms with van der Waals surface area (Å²) in [6, 6.07) is 0. The predicted molar refractivity (Wildman–Crippen MR) is 63.9 cm³/mol. The number of alkyl halides is 3. The van der Waals surface area contributed by atoms with E-state index in [9.17, 15) is 22.8 Å². The van der Waals surface area contributed by atoms with Gasteiger partial charge in [-0.2, -0.15) is 24.9 Å². The van der Waals surface area contributed by atoms with Crippen LogP contribution in [0.1, 0.15) is 6.92 Å². The molecule has 5 nitrogen and oxygen atoms in total. The number of hydrogen-bond donors (Lipinski definition) is 1. The molecule has 0 aromatic carbocycles. The smallest absolute Gasteiger partial charge is 0.422 e. The van der Waals surface area contributed by atoms with Gasteiger partial charge in [0.05, 0.1) is 0 Å². The first kappa shape index (κ1) is 15.9. The molecule has 0 saturated carbocycles. The SMILES string of the molecule is CC1CN(C(=O)CNC(=O)OCC(F)(F)F)CCS1. The Balaban J connectivity index is 2.24. The lowest BCUT2D eigenvalue weighted by atomic mass is 10.3. The highest BCUT2D eigenvalue weighted by atomic mass is 32.2. The second kappa shape index (κ2) is 6.88. The summed E-state index contributed by atoms with van der Waals surface area (Å²) < 4.78 is 39.2. The van der Waals surface area contributed by atoms with E-state index in [0.717, 1.165) is 5.75 Å². The first-order valence-electron chi connectivity index (χ1n) is 5.64. The monoisotopic (exact) mass is 300 g/mol. The second-order valence-electron chi connectivity index (χ2n) is 4.07. The molecular weight excluding hydrogens is 285 g/mol. The Morgan fingerprint density at radius 2 is 2.16 bits per heavy atom. The van der Waals surface area contributed by atoms with Crippen molar-refractivity contribution in [2.24, 2.45) is 0 Å². The number of nitrogens with zero attached hydrogens (tertiary/aromatic N) is 1. The first-order valence-corrected chi connectivity index (χ1v) is 6.69. The maximum atomic E-state index is 11.8. The Kier molecular flexibility index (Phi) is 5.77. The molecule has 1 heterocycles. The molecule has 1 aliphatic rings. The molecule has 1 atom stereocenters. The molecule has 1 rings (SSSR count). The maximum Gasteiger partial charge on any atom is 0.422 e. The van der Waals surface area contributed by atoms with Crippen molar-refractivity contribution in [3.63, 3.8) is 0 Å². The fourth-order valence-electron chi connectivity index (χ4n) is 1.50. The zero-order chi connectivity index (χ0) is 14.5. The summed E-state index contributed by atoms with van der Waals surface area (Å²) in [5.74, 6) is 0.488. The lowest BCUT2D eigenvalue weighted by Crippen LogP contribution is -2.46. The quantitative estimate of drug-likeness (QED) is 0.852. The van der Waals surface area contributed by atoms with Gasteiger partial charge in [-0.15, -0.1) is 0 Å². The van der Waals surface area contributed by atoms with Gasteiger partial charge in [0.25, 0.3) is 0 Å². The minimum absolute atomic E-state index is 0.315. The molecule has 19 heavy (non-hydrogen) atoms. The van der Waals surface area contributed by atoms with Crippen molar-refractivity contribution < 1.29 is 27.5 Å². The van der Waals surface area contributed by atoms with E-state index >= 15 is 0 Å². The lowest BCUT2D eigenvalue weighted by Gasteiger charge is -2.30. The van der Waals surface area contributed by atoms with Gasteiger partial charge in [-0.25, -0.2) is 4.79 Å². The molecule has 2 amide bonds. The topological polar surface area (TPSA) is 58.6 Å². The molecule has 0 radical (unpaired) electrons. The Hall–Kier alpha value is -1.12. The third-order valence-electron chi connectivity index (χ3n) is 2.34. The number of thioether (sulfide) groups is 1. The van der Waals surface area contributed by atoms with Crippen LogP contribution in [-0.4, -0.2) is 60.3 Å². The van der Waals surface area contributed by atoms with E-state index in [1.807, 2.05) is 12.2 Å². The van der Waals surface area contributed by atoms with E-state index in [-0.39, 0.29) is 12.5 Å². The van der Waals surface area contributed by atoms with Crippen LogP contribution in [0.4, 0.5) is 18.0 Å². The summed E-state index contributed by atoms with van der Waals surface area (Å²) in [6.45, 7) is 1.11. The number of rotatable bonds is 3. The van der Waals surface area contributed by atoms with E-state index < -0.39 is 18.9 Å². The molecule has 1 unspecified atom stereocenters. The van der Waals surface area contributed by atoms with Crippen LogP contribution >= 0.6 is 11.8 Å². The molecule has 110 valence electrons. The summed E-state index contributed by atoms with van der Waals surface area (Å²) in [6.07, 6.45) is -5.81.